The molecule has 0 fully saturated rings. The third-order valence-corrected chi connectivity index (χ3v) is 3.34. The van der Waals surface area contributed by atoms with Crippen LogP contribution in [0.15, 0.2) is 66.7 Å². The fraction of sp³-hybridized carbons (Fsp3) is 0.150. The maximum Gasteiger partial charge on any atom is 0.343 e. The van der Waals surface area contributed by atoms with Gasteiger partial charge in [0.2, 0.25) is 0 Å². The fourth-order valence-electron chi connectivity index (χ4n) is 2.11. The quantitative estimate of drug-likeness (QED) is 0.334. The Morgan fingerprint density at radius 2 is 1.60 bits per heavy atom. The molecule has 0 saturated heterocycles. The number of rotatable bonds is 7. The number of carbonyl (C=O) groups excluding carboxylic acids is 3. The van der Waals surface area contributed by atoms with E-state index in [0.29, 0.717) is 5.56 Å². The summed E-state index contributed by atoms with van der Waals surface area (Å²) in [4.78, 5) is 36.2. The van der Waals surface area contributed by atoms with E-state index in [0.717, 1.165) is 0 Å². The lowest BCUT2D eigenvalue weighted by Gasteiger charge is -2.10. The van der Waals surface area contributed by atoms with Crippen molar-refractivity contribution < 1.29 is 23.9 Å². The van der Waals surface area contributed by atoms with E-state index in [2.05, 4.69) is 6.58 Å². The molecule has 0 bridgehead atoms. The molecule has 0 aromatic heterocycles. The van der Waals surface area contributed by atoms with Gasteiger partial charge in [-0.1, -0.05) is 36.9 Å². The summed E-state index contributed by atoms with van der Waals surface area (Å²) in [6, 6.07) is 14.8. The number of hydrogen-bond acceptors (Lipinski definition) is 5. The number of para-hydroxylation sites is 1. The highest BCUT2D eigenvalue weighted by Gasteiger charge is 2.19. The van der Waals surface area contributed by atoms with Gasteiger partial charge in [-0.3, -0.25) is 4.79 Å². The predicted octanol–water partition coefficient (Wildman–Crippen LogP) is 3.60. The molecule has 0 N–H and O–H groups in total. The Morgan fingerprint density at radius 1 is 0.960 bits per heavy atom. The number of hydrogen-bond donors (Lipinski definition) is 0. The third kappa shape index (κ3) is 4.88. The number of carbonyl (C=O) groups is 3. The van der Waals surface area contributed by atoms with E-state index < -0.39 is 11.9 Å². The average Bonchev–Trinajstić information content (AvgIpc) is 2.63. The Bertz CT molecular complexity index is 793. The Labute approximate surface area is 145 Å². The van der Waals surface area contributed by atoms with Crippen molar-refractivity contribution in [2.45, 2.75) is 13.3 Å². The van der Waals surface area contributed by atoms with Crippen LogP contribution in [0.5, 0.6) is 5.75 Å². The van der Waals surface area contributed by atoms with E-state index >= 15 is 0 Å². The van der Waals surface area contributed by atoms with Gasteiger partial charge < -0.3 is 9.47 Å². The van der Waals surface area contributed by atoms with Crippen molar-refractivity contribution in [1.29, 1.82) is 0 Å². The Kier molecular flexibility index (Phi) is 6.23. The van der Waals surface area contributed by atoms with Gasteiger partial charge in [-0.15, -0.1) is 0 Å². The normalized spacial score (nSPS) is 9.96. The molecule has 0 amide bonds. The minimum absolute atomic E-state index is 0.0519. The average molecular weight is 338 g/mol. The van der Waals surface area contributed by atoms with Crippen molar-refractivity contribution in [3.8, 4) is 5.75 Å². The molecule has 5 heteroatoms. The molecule has 2 aromatic rings. The highest BCUT2D eigenvalue weighted by Crippen LogP contribution is 2.22. The van der Waals surface area contributed by atoms with Crippen molar-refractivity contribution >= 4 is 17.7 Å². The summed E-state index contributed by atoms with van der Waals surface area (Å²) in [7, 11) is 0. The first-order valence-electron chi connectivity index (χ1n) is 7.77. The molecule has 0 aliphatic rings. The molecule has 0 spiro atoms. The smallest absolute Gasteiger partial charge is 0.343 e. The second kappa shape index (κ2) is 8.59. The van der Waals surface area contributed by atoms with E-state index in [-0.39, 0.29) is 35.7 Å². The molecule has 0 saturated carbocycles. The minimum atomic E-state index is -0.616. The summed E-state index contributed by atoms with van der Waals surface area (Å²) >= 11 is 0. The van der Waals surface area contributed by atoms with E-state index in [9.17, 15) is 14.4 Å². The maximum absolute atomic E-state index is 12.4. The first kappa shape index (κ1) is 18.1. The highest BCUT2D eigenvalue weighted by atomic mass is 16.5. The van der Waals surface area contributed by atoms with Gasteiger partial charge in [0.25, 0.3) is 0 Å². The van der Waals surface area contributed by atoms with E-state index in [1.54, 1.807) is 49.4 Å². The first-order chi connectivity index (χ1) is 12.0. The zero-order chi connectivity index (χ0) is 18.2. The van der Waals surface area contributed by atoms with E-state index in [1.165, 1.54) is 12.1 Å². The largest absolute Gasteiger partial charge is 0.463 e. The van der Waals surface area contributed by atoms with Crippen LogP contribution in [0.3, 0.4) is 0 Å². The van der Waals surface area contributed by atoms with Crippen molar-refractivity contribution in [1.82, 2.24) is 0 Å². The van der Waals surface area contributed by atoms with Crippen LogP contribution in [-0.4, -0.2) is 24.3 Å². The van der Waals surface area contributed by atoms with Crippen LogP contribution in [-0.2, 0) is 9.53 Å². The van der Waals surface area contributed by atoms with Gasteiger partial charge in [0.05, 0.1) is 17.7 Å². The molecule has 2 aromatic carbocycles. The van der Waals surface area contributed by atoms with Crippen molar-refractivity contribution in [3.05, 3.63) is 77.9 Å². The van der Waals surface area contributed by atoms with Gasteiger partial charge in [0.15, 0.2) is 5.78 Å². The molecule has 0 radical (unpaired) electrons. The van der Waals surface area contributed by atoms with Crippen molar-refractivity contribution in [3.63, 3.8) is 0 Å². The second-order valence-electron chi connectivity index (χ2n) is 5.18. The molecular formula is C20H18O5. The fourth-order valence-corrected chi connectivity index (χ4v) is 2.11. The standard InChI is InChI=1S/C20H18O5/c1-3-24-19(22)14(2)13-17(21)16-11-7-8-12-18(16)25-20(23)15-9-5-4-6-10-15/h4-12H,2-3,13H2,1H3. The number of esters is 2. The number of benzene rings is 2. The summed E-state index contributed by atoms with van der Waals surface area (Å²) in [6.45, 7) is 5.45. The Hall–Kier alpha value is -3.21. The molecule has 0 aliphatic carbocycles. The molecule has 0 atom stereocenters. The number of ketones is 1. The lowest BCUT2D eigenvalue weighted by molar-refractivity contribution is -0.138. The lowest BCUT2D eigenvalue weighted by atomic mass is 10.0. The monoisotopic (exact) mass is 338 g/mol. The molecule has 128 valence electrons. The van der Waals surface area contributed by atoms with Crippen LogP contribution in [0.2, 0.25) is 0 Å². The number of Topliss-reactive ketones (excluding diaryl/α,β-unsaturated/α-hetero) is 1. The van der Waals surface area contributed by atoms with Crippen LogP contribution in [0.4, 0.5) is 0 Å². The molecule has 0 unspecified atom stereocenters. The van der Waals surface area contributed by atoms with Crippen LogP contribution in [0.1, 0.15) is 34.1 Å². The van der Waals surface area contributed by atoms with E-state index in [4.69, 9.17) is 9.47 Å². The van der Waals surface area contributed by atoms with Gasteiger partial charge in [-0.2, -0.15) is 0 Å². The van der Waals surface area contributed by atoms with Gasteiger partial charge >= 0.3 is 11.9 Å². The molecular weight excluding hydrogens is 320 g/mol. The summed E-state index contributed by atoms with van der Waals surface area (Å²) < 4.78 is 10.2. The van der Waals surface area contributed by atoms with Gasteiger partial charge in [0, 0.05) is 12.0 Å². The molecule has 5 nitrogen and oxygen atoms in total. The molecule has 2 rings (SSSR count). The minimum Gasteiger partial charge on any atom is -0.463 e. The van der Waals surface area contributed by atoms with Crippen LogP contribution in [0.25, 0.3) is 0 Å². The molecule has 0 heterocycles. The summed E-state index contributed by atoms with van der Waals surface area (Å²) in [5.74, 6) is -1.42. The summed E-state index contributed by atoms with van der Waals surface area (Å²) in [6.07, 6.45) is -0.210. The van der Waals surface area contributed by atoms with E-state index in [1.807, 2.05) is 0 Å². The molecule has 25 heavy (non-hydrogen) atoms. The van der Waals surface area contributed by atoms with Crippen LogP contribution < -0.4 is 4.74 Å². The lowest BCUT2D eigenvalue weighted by Crippen LogP contribution is -2.14. The summed E-state index contributed by atoms with van der Waals surface area (Å²) in [5.41, 5.74) is 0.633. The second-order valence-corrected chi connectivity index (χ2v) is 5.18. The Morgan fingerprint density at radius 3 is 2.28 bits per heavy atom. The van der Waals surface area contributed by atoms with Crippen molar-refractivity contribution in [2.24, 2.45) is 0 Å². The first-order valence-corrected chi connectivity index (χ1v) is 7.77. The predicted molar refractivity (Wildman–Crippen MR) is 92.6 cm³/mol. The Balaban J connectivity index is 2.15. The van der Waals surface area contributed by atoms with Gasteiger partial charge in [0.1, 0.15) is 5.75 Å². The topological polar surface area (TPSA) is 69.7 Å². The number of ether oxygens (including phenoxy) is 2. The third-order valence-electron chi connectivity index (χ3n) is 3.34. The highest BCUT2D eigenvalue weighted by molar-refractivity contribution is 6.05. The van der Waals surface area contributed by atoms with Gasteiger partial charge in [-0.05, 0) is 31.2 Å². The molecule has 0 aliphatic heterocycles. The van der Waals surface area contributed by atoms with Gasteiger partial charge in [-0.25, -0.2) is 9.59 Å². The zero-order valence-corrected chi connectivity index (χ0v) is 13.9. The maximum atomic E-state index is 12.4. The SMILES string of the molecule is C=C(CC(=O)c1ccccc1OC(=O)c1ccccc1)C(=O)OCC. The van der Waals surface area contributed by atoms with Crippen LogP contribution in [0, 0.1) is 0 Å². The zero-order valence-electron chi connectivity index (χ0n) is 13.9. The van der Waals surface area contributed by atoms with Crippen LogP contribution >= 0.6 is 0 Å². The van der Waals surface area contributed by atoms with Crippen molar-refractivity contribution in [2.75, 3.05) is 6.61 Å². The summed E-state index contributed by atoms with van der Waals surface area (Å²) in [5, 5.41) is 0.